The van der Waals surface area contributed by atoms with E-state index in [0.29, 0.717) is 5.56 Å². The fourth-order valence-corrected chi connectivity index (χ4v) is 2.44. The second-order valence-corrected chi connectivity index (χ2v) is 5.61. The van der Waals surface area contributed by atoms with E-state index in [4.69, 9.17) is 0 Å². The Morgan fingerprint density at radius 1 is 1.04 bits per heavy atom. The van der Waals surface area contributed by atoms with Crippen LogP contribution >= 0.6 is 0 Å². The number of halogens is 3. The van der Waals surface area contributed by atoms with Gasteiger partial charge in [-0.15, -0.1) is 0 Å². The fraction of sp³-hybridized carbons (Fsp3) is 0.111. The van der Waals surface area contributed by atoms with Gasteiger partial charge in [0.05, 0.1) is 6.54 Å². The molecule has 0 atom stereocenters. The van der Waals surface area contributed by atoms with Crippen molar-refractivity contribution >= 4 is 17.5 Å². The lowest BCUT2D eigenvalue weighted by Gasteiger charge is -2.15. The average Bonchev–Trinajstić information content (AvgIpc) is 2.80. The summed E-state index contributed by atoms with van der Waals surface area (Å²) < 4.78 is 40.4. The normalized spacial score (nSPS) is 14.1. The highest BCUT2D eigenvalue weighted by atomic mass is 19.1. The lowest BCUT2D eigenvalue weighted by atomic mass is 10.2. The molecule has 7 heteroatoms. The number of hydrogen-bond acceptors (Lipinski definition) is 3. The standard InChI is InChI=1S/C18H13F3N2O2/c1-10-14(20)6-13(7-15(10)21)22-16-8-17(24)23(18(16)25)9-11-3-2-4-12(19)5-11/h2-8,22H,9H2,1H3. The number of nitrogens with zero attached hydrogens (tertiary/aromatic N) is 1. The molecule has 0 saturated heterocycles. The first-order chi connectivity index (χ1) is 11.8. The van der Waals surface area contributed by atoms with Crippen molar-refractivity contribution in [1.29, 1.82) is 0 Å². The summed E-state index contributed by atoms with van der Waals surface area (Å²) in [6, 6.07) is 7.60. The van der Waals surface area contributed by atoms with Crippen LogP contribution in [0.1, 0.15) is 11.1 Å². The molecule has 0 aromatic heterocycles. The van der Waals surface area contributed by atoms with E-state index in [-0.39, 0.29) is 23.5 Å². The Morgan fingerprint density at radius 2 is 1.72 bits per heavy atom. The number of carbonyl (C=O) groups is 2. The van der Waals surface area contributed by atoms with Gasteiger partial charge in [-0.05, 0) is 36.8 Å². The van der Waals surface area contributed by atoms with Gasteiger partial charge in [0, 0.05) is 17.3 Å². The van der Waals surface area contributed by atoms with Crippen LogP contribution in [0.5, 0.6) is 0 Å². The van der Waals surface area contributed by atoms with Crippen molar-refractivity contribution in [2.45, 2.75) is 13.5 Å². The Bertz CT molecular complexity index is 886. The Labute approximate surface area is 141 Å². The number of amides is 2. The molecule has 4 nitrogen and oxygen atoms in total. The molecule has 2 aromatic rings. The summed E-state index contributed by atoms with van der Waals surface area (Å²) in [5, 5.41) is 2.55. The van der Waals surface area contributed by atoms with E-state index in [1.807, 2.05) is 0 Å². The van der Waals surface area contributed by atoms with Crippen molar-refractivity contribution in [2.75, 3.05) is 5.32 Å². The highest BCUT2D eigenvalue weighted by Gasteiger charge is 2.31. The maximum Gasteiger partial charge on any atom is 0.277 e. The van der Waals surface area contributed by atoms with Gasteiger partial charge in [-0.2, -0.15) is 0 Å². The smallest absolute Gasteiger partial charge is 0.277 e. The van der Waals surface area contributed by atoms with Crippen molar-refractivity contribution in [3.05, 3.63) is 76.7 Å². The maximum atomic E-state index is 13.6. The zero-order valence-electron chi connectivity index (χ0n) is 13.1. The van der Waals surface area contributed by atoms with Crippen LogP contribution in [0.2, 0.25) is 0 Å². The molecule has 2 aromatic carbocycles. The molecule has 1 aliphatic rings. The molecule has 25 heavy (non-hydrogen) atoms. The summed E-state index contributed by atoms with van der Waals surface area (Å²) in [4.78, 5) is 25.3. The maximum absolute atomic E-state index is 13.6. The van der Waals surface area contributed by atoms with Crippen LogP contribution in [0.25, 0.3) is 0 Å². The first-order valence-electron chi connectivity index (χ1n) is 7.40. The molecule has 128 valence electrons. The van der Waals surface area contributed by atoms with E-state index >= 15 is 0 Å². The summed E-state index contributed by atoms with van der Waals surface area (Å²) in [7, 11) is 0. The van der Waals surface area contributed by atoms with E-state index in [9.17, 15) is 22.8 Å². The molecule has 1 heterocycles. The number of carbonyl (C=O) groups excluding carboxylic acids is 2. The largest absolute Gasteiger partial charge is 0.351 e. The van der Waals surface area contributed by atoms with Crippen LogP contribution < -0.4 is 5.32 Å². The summed E-state index contributed by atoms with van der Waals surface area (Å²) in [5.41, 5.74) is 0.217. The Kier molecular flexibility index (Phi) is 4.31. The fourth-order valence-electron chi connectivity index (χ4n) is 2.44. The Balaban J connectivity index is 1.78. The zero-order chi connectivity index (χ0) is 18.1. The number of rotatable bonds is 4. The van der Waals surface area contributed by atoms with Gasteiger partial charge < -0.3 is 5.32 Å². The highest BCUT2D eigenvalue weighted by molar-refractivity contribution is 6.17. The number of anilines is 1. The monoisotopic (exact) mass is 346 g/mol. The third-order valence-corrected chi connectivity index (χ3v) is 3.80. The lowest BCUT2D eigenvalue weighted by Crippen LogP contribution is -2.31. The van der Waals surface area contributed by atoms with Gasteiger partial charge in [-0.3, -0.25) is 14.5 Å². The van der Waals surface area contributed by atoms with Crippen LogP contribution in [0.4, 0.5) is 18.9 Å². The van der Waals surface area contributed by atoms with Crippen molar-refractivity contribution in [3.8, 4) is 0 Å². The number of imide groups is 1. The summed E-state index contributed by atoms with van der Waals surface area (Å²) in [5.74, 6) is -3.26. The minimum Gasteiger partial charge on any atom is -0.351 e. The Morgan fingerprint density at radius 3 is 2.36 bits per heavy atom. The SMILES string of the molecule is Cc1c(F)cc(NC2=CC(=O)N(Cc3cccc(F)c3)C2=O)cc1F. The number of nitrogens with one attached hydrogen (secondary N) is 1. The molecule has 0 spiro atoms. The quantitative estimate of drug-likeness (QED) is 0.865. The van der Waals surface area contributed by atoms with Gasteiger partial charge in [-0.1, -0.05) is 12.1 Å². The van der Waals surface area contributed by atoms with Gasteiger partial charge >= 0.3 is 0 Å². The first-order valence-corrected chi connectivity index (χ1v) is 7.40. The van der Waals surface area contributed by atoms with Gasteiger partial charge in [-0.25, -0.2) is 13.2 Å². The molecule has 0 saturated carbocycles. The van der Waals surface area contributed by atoms with Gasteiger partial charge in [0.25, 0.3) is 11.8 Å². The second kappa shape index (κ2) is 6.43. The molecule has 1 N–H and O–H groups in total. The molecule has 3 rings (SSSR count). The van der Waals surface area contributed by atoms with Crippen molar-refractivity contribution in [3.63, 3.8) is 0 Å². The van der Waals surface area contributed by atoms with Crippen LogP contribution in [-0.2, 0) is 16.1 Å². The van der Waals surface area contributed by atoms with E-state index in [2.05, 4.69) is 5.32 Å². The van der Waals surface area contributed by atoms with Gasteiger partial charge in [0.1, 0.15) is 23.1 Å². The summed E-state index contributed by atoms with van der Waals surface area (Å²) >= 11 is 0. The molecule has 0 radical (unpaired) electrons. The highest BCUT2D eigenvalue weighted by Crippen LogP contribution is 2.22. The minimum absolute atomic E-state index is 0.0144. The predicted molar refractivity (Wildman–Crippen MR) is 84.8 cm³/mol. The third-order valence-electron chi connectivity index (χ3n) is 3.80. The summed E-state index contributed by atoms with van der Waals surface area (Å²) in [6.07, 6.45) is 1.04. The van der Waals surface area contributed by atoms with Gasteiger partial charge in [0.15, 0.2) is 0 Å². The van der Waals surface area contributed by atoms with Crippen LogP contribution in [0.15, 0.2) is 48.2 Å². The van der Waals surface area contributed by atoms with Crippen molar-refractivity contribution < 1.29 is 22.8 Å². The average molecular weight is 346 g/mol. The van der Waals surface area contributed by atoms with Crippen molar-refractivity contribution in [2.24, 2.45) is 0 Å². The van der Waals surface area contributed by atoms with Crippen LogP contribution in [-0.4, -0.2) is 16.7 Å². The van der Waals surface area contributed by atoms with E-state index < -0.39 is 29.3 Å². The van der Waals surface area contributed by atoms with E-state index in [1.54, 1.807) is 6.07 Å². The number of benzene rings is 2. The summed E-state index contributed by atoms with van der Waals surface area (Å²) in [6.45, 7) is 1.19. The molecular weight excluding hydrogens is 333 g/mol. The number of hydrogen-bond donors (Lipinski definition) is 1. The molecule has 2 amide bonds. The van der Waals surface area contributed by atoms with Gasteiger partial charge in [0.2, 0.25) is 0 Å². The molecule has 1 aliphatic heterocycles. The molecule has 0 fully saturated rings. The van der Waals surface area contributed by atoms with E-state index in [0.717, 1.165) is 23.1 Å². The molecule has 0 unspecified atom stereocenters. The topological polar surface area (TPSA) is 49.4 Å². The second-order valence-electron chi connectivity index (χ2n) is 5.61. The van der Waals surface area contributed by atoms with Crippen molar-refractivity contribution in [1.82, 2.24) is 4.90 Å². The minimum atomic E-state index is -0.767. The molecule has 0 aliphatic carbocycles. The zero-order valence-corrected chi connectivity index (χ0v) is 13.1. The van der Waals surface area contributed by atoms with Crippen LogP contribution in [0.3, 0.4) is 0 Å². The predicted octanol–water partition coefficient (Wildman–Crippen LogP) is 3.28. The van der Waals surface area contributed by atoms with Crippen LogP contribution in [0, 0.1) is 24.4 Å². The molecule has 0 bridgehead atoms. The first kappa shape index (κ1) is 16.8. The lowest BCUT2D eigenvalue weighted by molar-refractivity contribution is -0.137. The molecular formula is C18H13F3N2O2. The Hall–Kier alpha value is -3.09. The third kappa shape index (κ3) is 3.40. The van der Waals surface area contributed by atoms with E-state index in [1.165, 1.54) is 25.1 Å².